The Bertz CT molecular complexity index is 77.9. The molecule has 0 amide bonds. The highest BCUT2D eigenvalue weighted by molar-refractivity contribution is 4.88. The van der Waals surface area contributed by atoms with Crippen molar-refractivity contribution in [1.29, 1.82) is 0 Å². The van der Waals surface area contributed by atoms with Gasteiger partial charge in [-0.25, -0.2) is 0 Å². The molecule has 0 atom stereocenters. The van der Waals surface area contributed by atoms with Crippen LogP contribution < -0.4 is 5.32 Å². The first kappa shape index (κ1) is 5.32. The molecule has 0 aromatic heterocycles. The van der Waals surface area contributed by atoms with Crippen molar-refractivity contribution in [2.45, 2.75) is 6.92 Å². The van der Waals surface area contributed by atoms with E-state index in [0.717, 1.165) is 5.70 Å². The molecule has 0 rings (SSSR count). The van der Waals surface area contributed by atoms with Crippen LogP contribution in [0.1, 0.15) is 6.92 Å². The first-order valence-electron chi connectivity index (χ1n) is 1.85. The Morgan fingerprint density at radius 1 is 1.83 bits per heavy atom. The number of hydrogen-bond acceptors (Lipinski definition) is 1. The summed E-state index contributed by atoms with van der Waals surface area (Å²) >= 11 is 0. The van der Waals surface area contributed by atoms with Crippen LogP contribution in [0.25, 0.3) is 0 Å². The summed E-state index contributed by atoms with van der Waals surface area (Å²) < 4.78 is 0. The van der Waals surface area contributed by atoms with Crippen molar-refractivity contribution < 1.29 is 0 Å². The van der Waals surface area contributed by atoms with Crippen molar-refractivity contribution in [3.63, 3.8) is 0 Å². The lowest BCUT2D eigenvalue weighted by atomic mass is 10.5. The molecule has 1 heteroatoms. The molecule has 0 radical (unpaired) electrons. The topological polar surface area (TPSA) is 12.0 Å². The Labute approximate surface area is 38.4 Å². The molecule has 0 aromatic carbocycles. The van der Waals surface area contributed by atoms with E-state index in [0.29, 0.717) is 0 Å². The summed E-state index contributed by atoms with van der Waals surface area (Å²) in [6.45, 7) is 5.32. The molecule has 0 aliphatic rings. The molecular weight excluding hydrogens is 74.1 g/mol. The van der Waals surface area contributed by atoms with E-state index in [2.05, 4.69) is 17.6 Å². The van der Waals surface area contributed by atoms with Crippen molar-refractivity contribution in [3.05, 3.63) is 18.0 Å². The van der Waals surface area contributed by atoms with Crippen LogP contribution in [0, 0.1) is 0 Å². The summed E-state index contributed by atoms with van der Waals surface area (Å²) in [6, 6.07) is 0. The Balaban J connectivity index is 3.52. The maximum absolute atomic E-state index is 3.41. The van der Waals surface area contributed by atoms with Crippen LogP contribution in [0.3, 0.4) is 0 Å². The number of allylic oxidation sites excluding steroid dienone is 1. The number of hydrogen-bond donors (Lipinski definition) is 1. The Morgan fingerprint density at radius 2 is 2.33 bits per heavy atom. The fraction of sp³-hybridized carbons (Fsp3) is 0.400. The van der Waals surface area contributed by atoms with Gasteiger partial charge in [-0.2, -0.15) is 0 Å². The maximum atomic E-state index is 3.41. The van der Waals surface area contributed by atoms with E-state index in [9.17, 15) is 0 Å². The van der Waals surface area contributed by atoms with Gasteiger partial charge in [0.15, 0.2) is 0 Å². The summed E-state index contributed by atoms with van der Waals surface area (Å²) in [6.07, 6.45) is 0. The van der Waals surface area contributed by atoms with Crippen LogP contribution in [0.2, 0.25) is 0 Å². The van der Waals surface area contributed by atoms with Gasteiger partial charge in [-0.1, -0.05) is 6.58 Å². The third-order valence-electron chi connectivity index (χ3n) is 0.640. The monoisotopic (exact) mass is 83.1 g/mol. The second kappa shape index (κ2) is 2.55. The Kier molecular flexibility index (Phi) is 2.26. The smallest absolute Gasteiger partial charge is 0.0497 e. The van der Waals surface area contributed by atoms with Gasteiger partial charge in [0.1, 0.15) is 0 Å². The first-order valence-corrected chi connectivity index (χ1v) is 1.85. The molecule has 0 spiro atoms. The van der Waals surface area contributed by atoms with E-state index < -0.39 is 0 Å². The largest absolute Gasteiger partial charge is 0.385 e. The van der Waals surface area contributed by atoms with E-state index in [1.54, 1.807) is 0 Å². The Hall–Kier alpha value is -0.680. The summed E-state index contributed by atoms with van der Waals surface area (Å²) in [5.74, 6) is 0. The standard InChI is InChI=1S/C5H9N/c1-4-5(2)6-3/h6H,1H2,2-3H3. The van der Waals surface area contributed by atoms with Crippen LogP contribution >= 0.6 is 0 Å². The lowest BCUT2D eigenvalue weighted by Gasteiger charge is -1.87. The lowest BCUT2D eigenvalue weighted by molar-refractivity contribution is 0.995. The van der Waals surface area contributed by atoms with Crippen LogP contribution in [0.15, 0.2) is 18.0 Å². The average Bonchev–Trinajstić information content (AvgIpc) is 1.65. The van der Waals surface area contributed by atoms with Crippen molar-refractivity contribution >= 4 is 0 Å². The summed E-state index contributed by atoms with van der Waals surface area (Å²) in [4.78, 5) is 0. The van der Waals surface area contributed by atoms with Crippen LogP contribution in [0.4, 0.5) is 0 Å². The normalized spacial score (nSPS) is 6.33. The molecule has 0 aliphatic heterocycles. The van der Waals surface area contributed by atoms with E-state index in [1.807, 2.05) is 14.0 Å². The van der Waals surface area contributed by atoms with Gasteiger partial charge in [0.05, 0.1) is 0 Å². The summed E-state index contributed by atoms with van der Waals surface area (Å²) in [5, 5.41) is 2.86. The van der Waals surface area contributed by atoms with Crippen LogP contribution in [0.5, 0.6) is 0 Å². The molecule has 0 saturated carbocycles. The summed E-state index contributed by atoms with van der Waals surface area (Å²) in [5.41, 5.74) is 3.65. The number of nitrogens with one attached hydrogen (secondary N) is 1. The van der Waals surface area contributed by atoms with Gasteiger partial charge in [-0.05, 0) is 6.92 Å². The zero-order chi connectivity index (χ0) is 4.99. The lowest BCUT2D eigenvalue weighted by Crippen LogP contribution is -1.98. The molecule has 34 valence electrons. The van der Waals surface area contributed by atoms with Gasteiger partial charge in [-0.3, -0.25) is 0 Å². The van der Waals surface area contributed by atoms with Crippen LogP contribution in [-0.2, 0) is 0 Å². The molecule has 0 unspecified atom stereocenters. The van der Waals surface area contributed by atoms with Gasteiger partial charge >= 0.3 is 0 Å². The highest BCUT2D eigenvalue weighted by atomic mass is 14.8. The van der Waals surface area contributed by atoms with Crippen molar-refractivity contribution in [1.82, 2.24) is 5.32 Å². The predicted molar refractivity (Wildman–Crippen MR) is 27.4 cm³/mol. The molecule has 0 heterocycles. The summed E-state index contributed by atoms with van der Waals surface area (Å²) in [7, 11) is 1.84. The van der Waals surface area contributed by atoms with E-state index in [4.69, 9.17) is 0 Å². The molecule has 1 N–H and O–H groups in total. The molecule has 0 aromatic rings. The van der Waals surface area contributed by atoms with E-state index in [-0.39, 0.29) is 0 Å². The van der Waals surface area contributed by atoms with Gasteiger partial charge in [0.2, 0.25) is 0 Å². The molecule has 0 fully saturated rings. The van der Waals surface area contributed by atoms with Crippen molar-refractivity contribution in [3.8, 4) is 0 Å². The van der Waals surface area contributed by atoms with E-state index >= 15 is 0 Å². The van der Waals surface area contributed by atoms with E-state index in [1.165, 1.54) is 0 Å². The third kappa shape index (κ3) is 1.62. The fourth-order valence-electron chi connectivity index (χ4n) is 0.0884. The zero-order valence-electron chi connectivity index (χ0n) is 4.21. The van der Waals surface area contributed by atoms with Gasteiger partial charge < -0.3 is 5.32 Å². The molecule has 0 aliphatic carbocycles. The maximum Gasteiger partial charge on any atom is 0.0497 e. The second-order valence-electron chi connectivity index (χ2n) is 1.05. The Morgan fingerprint density at radius 3 is 2.33 bits per heavy atom. The molecule has 0 saturated heterocycles. The van der Waals surface area contributed by atoms with Gasteiger partial charge in [0.25, 0.3) is 0 Å². The third-order valence-corrected chi connectivity index (χ3v) is 0.640. The minimum absolute atomic E-state index is 0.981. The zero-order valence-corrected chi connectivity index (χ0v) is 4.21. The fourth-order valence-corrected chi connectivity index (χ4v) is 0.0884. The minimum atomic E-state index is 0.981. The van der Waals surface area contributed by atoms with Gasteiger partial charge in [0, 0.05) is 12.7 Å². The molecule has 1 nitrogen and oxygen atoms in total. The highest BCUT2D eigenvalue weighted by Gasteiger charge is 1.67. The minimum Gasteiger partial charge on any atom is -0.385 e. The molecule has 6 heavy (non-hydrogen) atoms. The predicted octanol–water partition coefficient (Wildman–Crippen LogP) is 0.894. The molecular formula is C5H9N. The van der Waals surface area contributed by atoms with Gasteiger partial charge in [-0.15, -0.1) is 5.73 Å². The van der Waals surface area contributed by atoms with Crippen molar-refractivity contribution in [2.24, 2.45) is 0 Å². The average molecular weight is 83.1 g/mol. The quantitative estimate of drug-likeness (QED) is 0.464. The van der Waals surface area contributed by atoms with Crippen LogP contribution in [-0.4, -0.2) is 7.05 Å². The SMILES string of the molecule is C=C=C(C)NC. The molecule has 0 bridgehead atoms. The number of rotatable bonds is 1. The second-order valence-corrected chi connectivity index (χ2v) is 1.05. The first-order chi connectivity index (χ1) is 2.81. The van der Waals surface area contributed by atoms with Crippen molar-refractivity contribution in [2.75, 3.05) is 7.05 Å². The highest BCUT2D eigenvalue weighted by Crippen LogP contribution is 1.72.